The van der Waals surface area contributed by atoms with Crippen molar-refractivity contribution in [2.75, 3.05) is 37.3 Å². The van der Waals surface area contributed by atoms with E-state index < -0.39 is 0 Å². The van der Waals surface area contributed by atoms with Gasteiger partial charge in [0.05, 0.1) is 10.7 Å². The summed E-state index contributed by atoms with van der Waals surface area (Å²) in [5.41, 5.74) is 6.59. The number of anilines is 2. The molecule has 0 aliphatic carbocycles. The van der Waals surface area contributed by atoms with Crippen LogP contribution in [0.3, 0.4) is 0 Å². The van der Waals surface area contributed by atoms with E-state index in [0.717, 1.165) is 25.5 Å². The summed E-state index contributed by atoms with van der Waals surface area (Å²) in [6.45, 7) is 5.15. The predicted octanol–water partition coefficient (Wildman–Crippen LogP) is 1.46. The number of nitrogens with zero attached hydrogens (tertiary/aromatic N) is 3. The fourth-order valence-electron chi connectivity index (χ4n) is 1.95. The van der Waals surface area contributed by atoms with Crippen LogP contribution in [-0.2, 0) is 0 Å². The molecule has 16 heavy (non-hydrogen) atoms. The summed E-state index contributed by atoms with van der Waals surface area (Å²) in [5.74, 6) is 0.851. The Hall–Kier alpha value is -1.00. The third-order valence-corrected chi connectivity index (χ3v) is 3.33. The molecule has 0 amide bonds. The lowest BCUT2D eigenvalue weighted by molar-refractivity contribution is 0.233. The zero-order chi connectivity index (χ0) is 11.7. The van der Waals surface area contributed by atoms with Gasteiger partial charge in [0, 0.05) is 31.9 Å². The van der Waals surface area contributed by atoms with Gasteiger partial charge in [-0.1, -0.05) is 11.6 Å². The van der Waals surface area contributed by atoms with Crippen LogP contribution in [0.15, 0.2) is 12.3 Å². The maximum Gasteiger partial charge on any atom is 0.151 e. The smallest absolute Gasteiger partial charge is 0.151 e. The molecule has 5 heteroatoms. The molecule has 1 aromatic rings. The third-order valence-electron chi connectivity index (χ3n) is 3.12. The fourth-order valence-corrected chi connectivity index (χ4v) is 2.12. The molecular formula is C11H17ClN4. The number of aromatic nitrogens is 1. The molecule has 1 aromatic heterocycles. The van der Waals surface area contributed by atoms with E-state index in [1.165, 1.54) is 0 Å². The molecule has 1 fully saturated rings. The summed E-state index contributed by atoms with van der Waals surface area (Å²) in [5, 5.41) is 0.587. The van der Waals surface area contributed by atoms with Gasteiger partial charge in [0.15, 0.2) is 5.82 Å². The second-order valence-corrected chi connectivity index (χ2v) is 4.78. The Kier molecular flexibility index (Phi) is 3.21. The van der Waals surface area contributed by atoms with Gasteiger partial charge in [-0.05, 0) is 20.0 Å². The molecule has 0 bridgehead atoms. The number of likely N-dealkylation sites (N-methyl/N-ethyl adjacent to an activating group) is 1. The molecule has 0 aromatic carbocycles. The minimum atomic E-state index is 0.519. The molecule has 0 spiro atoms. The second-order valence-electron chi connectivity index (χ2n) is 4.34. The SMILES string of the molecule is CC1CN(c2ncc(Cl)cc2N)CCN1C. The van der Waals surface area contributed by atoms with E-state index in [-0.39, 0.29) is 0 Å². The first kappa shape index (κ1) is 11.5. The highest BCUT2D eigenvalue weighted by molar-refractivity contribution is 6.30. The van der Waals surface area contributed by atoms with E-state index in [2.05, 4.69) is 28.8 Å². The van der Waals surface area contributed by atoms with Crippen molar-refractivity contribution in [1.29, 1.82) is 0 Å². The van der Waals surface area contributed by atoms with Crippen LogP contribution in [-0.4, -0.2) is 42.6 Å². The van der Waals surface area contributed by atoms with Gasteiger partial charge in [0.2, 0.25) is 0 Å². The van der Waals surface area contributed by atoms with Gasteiger partial charge in [-0.3, -0.25) is 0 Å². The van der Waals surface area contributed by atoms with Crippen LogP contribution in [0.5, 0.6) is 0 Å². The van der Waals surface area contributed by atoms with Gasteiger partial charge < -0.3 is 15.5 Å². The second kappa shape index (κ2) is 4.47. The van der Waals surface area contributed by atoms with Crippen LogP contribution in [0, 0.1) is 0 Å². The number of pyridine rings is 1. The maximum absolute atomic E-state index is 5.93. The highest BCUT2D eigenvalue weighted by atomic mass is 35.5. The van der Waals surface area contributed by atoms with Crippen molar-refractivity contribution < 1.29 is 0 Å². The first-order valence-corrected chi connectivity index (χ1v) is 5.82. The van der Waals surface area contributed by atoms with Gasteiger partial charge in [-0.25, -0.2) is 4.98 Å². The number of halogens is 1. The van der Waals surface area contributed by atoms with E-state index in [9.17, 15) is 0 Å². The number of nitrogens with two attached hydrogens (primary N) is 1. The van der Waals surface area contributed by atoms with Gasteiger partial charge >= 0.3 is 0 Å². The molecule has 1 saturated heterocycles. The van der Waals surface area contributed by atoms with Gasteiger partial charge in [0.25, 0.3) is 0 Å². The molecule has 1 unspecified atom stereocenters. The lowest BCUT2D eigenvalue weighted by atomic mass is 10.2. The first-order chi connectivity index (χ1) is 7.58. The average Bonchev–Trinajstić information content (AvgIpc) is 2.22. The molecule has 0 radical (unpaired) electrons. The van der Waals surface area contributed by atoms with E-state index in [1.807, 2.05) is 0 Å². The molecule has 88 valence electrons. The molecule has 0 saturated carbocycles. The van der Waals surface area contributed by atoms with Crippen LogP contribution < -0.4 is 10.6 Å². The van der Waals surface area contributed by atoms with Crippen LogP contribution in [0.2, 0.25) is 5.02 Å². The molecule has 1 aliphatic heterocycles. The van der Waals surface area contributed by atoms with Crippen molar-refractivity contribution in [3.05, 3.63) is 17.3 Å². The normalized spacial score (nSPS) is 22.4. The molecule has 1 aliphatic rings. The monoisotopic (exact) mass is 240 g/mol. The standard InChI is InChI=1S/C11H17ClN4/c1-8-7-16(4-3-15(8)2)11-10(13)5-9(12)6-14-11/h5-6,8H,3-4,7,13H2,1-2H3. The molecular weight excluding hydrogens is 224 g/mol. The lowest BCUT2D eigenvalue weighted by Gasteiger charge is -2.38. The van der Waals surface area contributed by atoms with E-state index in [1.54, 1.807) is 12.3 Å². The van der Waals surface area contributed by atoms with Crippen molar-refractivity contribution in [1.82, 2.24) is 9.88 Å². The molecule has 2 rings (SSSR count). The van der Waals surface area contributed by atoms with Crippen LogP contribution in [0.1, 0.15) is 6.92 Å². The zero-order valence-electron chi connectivity index (χ0n) is 9.65. The summed E-state index contributed by atoms with van der Waals surface area (Å²) >= 11 is 5.84. The Morgan fingerprint density at radius 3 is 2.88 bits per heavy atom. The van der Waals surface area contributed by atoms with Crippen LogP contribution in [0.4, 0.5) is 11.5 Å². The van der Waals surface area contributed by atoms with E-state index in [4.69, 9.17) is 17.3 Å². The summed E-state index contributed by atoms with van der Waals surface area (Å²) in [6, 6.07) is 2.28. The number of hydrogen-bond acceptors (Lipinski definition) is 4. The van der Waals surface area contributed by atoms with Crippen LogP contribution >= 0.6 is 11.6 Å². The Balaban J connectivity index is 2.18. The Bertz CT molecular complexity index is 382. The number of piperazine rings is 1. The fraction of sp³-hybridized carbons (Fsp3) is 0.545. The lowest BCUT2D eigenvalue weighted by Crippen LogP contribution is -2.50. The van der Waals surface area contributed by atoms with Crippen molar-refractivity contribution in [3.8, 4) is 0 Å². The Morgan fingerprint density at radius 1 is 1.50 bits per heavy atom. The summed E-state index contributed by atoms with van der Waals surface area (Å²) in [7, 11) is 2.14. The third kappa shape index (κ3) is 2.23. The molecule has 4 nitrogen and oxygen atoms in total. The number of nitrogen functional groups attached to an aromatic ring is 1. The average molecular weight is 241 g/mol. The predicted molar refractivity (Wildman–Crippen MR) is 68.0 cm³/mol. The van der Waals surface area contributed by atoms with Crippen molar-refractivity contribution >= 4 is 23.1 Å². The number of rotatable bonds is 1. The summed E-state index contributed by atoms with van der Waals surface area (Å²) < 4.78 is 0. The minimum Gasteiger partial charge on any atom is -0.396 e. The highest BCUT2D eigenvalue weighted by Crippen LogP contribution is 2.25. The van der Waals surface area contributed by atoms with Crippen molar-refractivity contribution in [2.45, 2.75) is 13.0 Å². The largest absolute Gasteiger partial charge is 0.396 e. The van der Waals surface area contributed by atoms with Gasteiger partial charge in [0.1, 0.15) is 0 Å². The molecule has 1 atom stereocenters. The number of hydrogen-bond donors (Lipinski definition) is 1. The van der Waals surface area contributed by atoms with E-state index >= 15 is 0 Å². The molecule has 2 heterocycles. The highest BCUT2D eigenvalue weighted by Gasteiger charge is 2.22. The zero-order valence-corrected chi connectivity index (χ0v) is 10.4. The summed E-state index contributed by atoms with van der Waals surface area (Å²) in [4.78, 5) is 8.87. The maximum atomic E-state index is 5.93. The van der Waals surface area contributed by atoms with Gasteiger partial charge in [-0.15, -0.1) is 0 Å². The summed E-state index contributed by atoms with van der Waals surface area (Å²) in [6.07, 6.45) is 1.65. The van der Waals surface area contributed by atoms with E-state index in [0.29, 0.717) is 16.8 Å². The first-order valence-electron chi connectivity index (χ1n) is 5.44. The quantitative estimate of drug-likeness (QED) is 0.807. The Morgan fingerprint density at radius 2 is 2.25 bits per heavy atom. The van der Waals surface area contributed by atoms with Crippen LogP contribution in [0.25, 0.3) is 0 Å². The topological polar surface area (TPSA) is 45.4 Å². The van der Waals surface area contributed by atoms with Crippen molar-refractivity contribution in [2.24, 2.45) is 0 Å². The minimum absolute atomic E-state index is 0.519. The Labute approximate surface area is 101 Å². The van der Waals surface area contributed by atoms with Gasteiger partial charge in [-0.2, -0.15) is 0 Å². The molecule has 2 N–H and O–H groups in total. The van der Waals surface area contributed by atoms with Crippen molar-refractivity contribution in [3.63, 3.8) is 0 Å².